The van der Waals surface area contributed by atoms with Gasteiger partial charge in [-0.05, 0) is 41.5 Å². The molecule has 3 aromatic rings. The minimum Gasteiger partial charge on any atom is -0.464 e. The Bertz CT molecular complexity index is 1240. The second-order valence-electron chi connectivity index (χ2n) is 7.70. The van der Waals surface area contributed by atoms with Gasteiger partial charge in [0.05, 0.1) is 7.11 Å². The summed E-state index contributed by atoms with van der Waals surface area (Å²) in [6.07, 6.45) is 1.58. The first-order valence-electron chi connectivity index (χ1n) is 10.6. The van der Waals surface area contributed by atoms with Crippen molar-refractivity contribution in [3.8, 4) is 11.5 Å². The lowest BCUT2D eigenvalue weighted by molar-refractivity contribution is -0.139. The quantitative estimate of drug-likeness (QED) is 0.285. The Morgan fingerprint density at radius 3 is 2.41 bits per heavy atom. The van der Waals surface area contributed by atoms with Gasteiger partial charge in [-0.3, -0.25) is 10.2 Å². The predicted octanol–water partition coefficient (Wildman–Crippen LogP) is 3.45. The molecule has 0 aliphatic carbocycles. The van der Waals surface area contributed by atoms with E-state index in [1.54, 1.807) is 41.4 Å². The molecule has 4 rings (SSSR count). The van der Waals surface area contributed by atoms with Gasteiger partial charge in [0.1, 0.15) is 29.1 Å². The van der Waals surface area contributed by atoms with Crippen LogP contribution in [-0.2, 0) is 20.9 Å². The van der Waals surface area contributed by atoms with Gasteiger partial charge in [-0.15, -0.1) is 0 Å². The van der Waals surface area contributed by atoms with Crippen LogP contribution in [0.25, 0.3) is 0 Å². The minimum atomic E-state index is -0.694. The van der Waals surface area contributed by atoms with Gasteiger partial charge >= 0.3 is 5.97 Å². The van der Waals surface area contributed by atoms with Crippen LogP contribution in [0.4, 0.5) is 0 Å². The number of nitrogens with zero attached hydrogens (tertiary/aromatic N) is 1. The third-order valence-corrected chi connectivity index (χ3v) is 5.32. The number of para-hydroxylation sites is 1. The molecule has 0 aromatic heterocycles. The normalized spacial score (nSPS) is 15.2. The van der Waals surface area contributed by atoms with Crippen LogP contribution in [-0.4, -0.2) is 29.7 Å². The molecule has 172 valence electrons. The van der Waals surface area contributed by atoms with Crippen LogP contribution in [0.15, 0.2) is 90.8 Å². The second-order valence-corrected chi connectivity index (χ2v) is 7.70. The first-order valence-corrected chi connectivity index (χ1v) is 10.6. The van der Waals surface area contributed by atoms with Crippen molar-refractivity contribution in [2.45, 2.75) is 12.6 Å². The zero-order valence-electron chi connectivity index (χ0n) is 18.5. The molecule has 8 heteroatoms. The van der Waals surface area contributed by atoms with E-state index in [0.29, 0.717) is 23.6 Å². The fraction of sp³-hybridized carbons (Fsp3) is 0.115. The summed E-state index contributed by atoms with van der Waals surface area (Å²) in [4.78, 5) is 27.0. The number of hydrogen-bond donors (Lipinski definition) is 3. The van der Waals surface area contributed by atoms with E-state index in [1.807, 2.05) is 48.5 Å². The van der Waals surface area contributed by atoms with E-state index in [1.165, 1.54) is 7.11 Å². The Morgan fingerprint density at radius 2 is 1.74 bits per heavy atom. The molecule has 1 amide bonds. The monoisotopic (exact) mass is 456 g/mol. The van der Waals surface area contributed by atoms with Crippen molar-refractivity contribution in [2.75, 3.05) is 7.11 Å². The molecule has 1 heterocycles. The molecule has 34 heavy (non-hydrogen) atoms. The van der Waals surface area contributed by atoms with E-state index in [0.717, 1.165) is 11.1 Å². The molecule has 1 aliphatic rings. The van der Waals surface area contributed by atoms with Gasteiger partial charge in [-0.2, -0.15) is 0 Å². The number of carbonyl (C=O) groups is 2. The van der Waals surface area contributed by atoms with Gasteiger partial charge in [0.15, 0.2) is 0 Å². The number of amidine groups is 1. The highest BCUT2D eigenvalue weighted by atomic mass is 16.5. The Morgan fingerprint density at radius 1 is 1.03 bits per heavy atom. The maximum Gasteiger partial charge on any atom is 0.356 e. The number of ether oxygens (including phenoxy) is 2. The lowest BCUT2D eigenvalue weighted by Gasteiger charge is -2.34. The van der Waals surface area contributed by atoms with Crippen LogP contribution < -0.4 is 15.8 Å². The first-order chi connectivity index (χ1) is 16.4. The third-order valence-electron chi connectivity index (χ3n) is 5.32. The van der Waals surface area contributed by atoms with Crippen LogP contribution in [0.5, 0.6) is 11.5 Å². The predicted molar refractivity (Wildman–Crippen MR) is 127 cm³/mol. The highest BCUT2D eigenvalue weighted by molar-refractivity contribution is 5.97. The average Bonchev–Trinajstić information content (AvgIpc) is 2.85. The number of carbonyl (C=O) groups excluding carboxylic acids is 2. The SMILES string of the molecule is COC(=O)C1=CN(Cc2cccc(C(=N)N)c2)C(c2ccc(Oc3ccccc3)cc2)C(=O)N1. The zero-order chi connectivity index (χ0) is 24.1. The molecule has 4 N–H and O–H groups in total. The summed E-state index contributed by atoms with van der Waals surface area (Å²) in [5.74, 6) is 0.304. The fourth-order valence-electron chi connectivity index (χ4n) is 3.71. The number of rotatable bonds is 7. The van der Waals surface area contributed by atoms with Gasteiger partial charge in [0, 0.05) is 18.3 Å². The minimum absolute atomic E-state index is 0.0467. The van der Waals surface area contributed by atoms with Crippen molar-refractivity contribution in [1.29, 1.82) is 5.41 Å². The van der Waals surface area contributed by atoms with E-state index in [2.05, 4.69) is 5.32 Å². The van der Waals surface area contributed by atoms with E-state index in [-0.39, 0.29) is 17.4 Å². The summed E-state index contributed by atoms with van der Waals surface area (Å²) in [6, 6.07) is 23.1. The molecule has 0 radical (unpaired) electrons. The summed E-state index contributed by atoms with van der Waals surface area (Å²) < 4.78 is 10.6. The molecule has 0 spiro atoms. The Balaban J connectivity index is 1.64. The fourth-order valence-corrected chi connectivity index (χ4v) is 3.71. The maximum atomic E-state index is 13.1. The van der Waals surface area contributed by atoms with Crippen molar-refractivity contribution in [2.24, 2.45) is 5.73 Å². The van der Waals surface area contributed by atoms with Crippen molar-refractivity contribution < 1.29 is 19.1 Å². The number of nitrogens with one attached hydrogen (secondary N) is 2. The van der Waals surface area contributed by atoms with Gasteiger partial charge in [0.25, 0.3) is 5.91 Å². The molecule has 1 unspecified atom stereocenters. The summed E-state index contributed by atoms with van der Waals surface area (Å²) in [5, 5.41) is 10.3. The van der Waals surface area contributed by atoms with Crippen molar-refractivity contribution in [3.63, 3.8) is 0 Å². The van der Waals surface area contributed by atoms with E-state index < -0.39 is 12.0 Å². The Kier molecular flexibility index (Phi) is 6.59. The van der Waals surface area contributed by atoms with Gasteiger partial charge in [-0.25, -0.2) is 4.79 Å². The van der Waals surface area contributed by atoms with Gasteiger partial charge < -0.3 is 25.4 Å². The van der Waals surface area contributed by atoms with Gasteiger partial charge in [0.2, 0.25) is 0 Å². The van der Waals surface area contributed by atoms with Crippen LogP contribution >= 0.6 is 0 Å². The number of methoxy groups -OCH3 is 1. The molecule has 8 nitrogen and oxygen atoms in total. The molecular weight excluding hydrogens is 432 g/mol. The largest absolute Gasteiger partial charge is 0.464 e. The standard InChI is InChI=1S/C26H24N4O4/c1-33-26(32)22-16-30(15-17-6-5-7-19(14-17)24(27)28)23(25(31)29-22)18-10-12-21(13-11-18)34-20-8-3-2-4-9-20/h2-14,16,23H,15H2,1H3,(H3,27,28)(H,29,31). The van der Waals surface area contributed by atoms with E-state index in [4.69, 9.17) is 20.6 Å². The van der Waals surface area contributed by atoms with Crippen molar-refractivity contribution >= 4 is 17.7 Å². The van der Waals surface area contributed by atoms with E-state index >= 15 is 0 Å². The molecule has 0 bridgehead atoms. The van der Waals surface area contributed by atoms with E-state index in [9.17, 15) is 9.59 Å². The number of hydrogen-bond acceptors (Lipinski definition) is 6. The summed E-state index contributed by atoms with van der Waals surface area (Å²) in [7, 11) is 1.26. The van der Waals surface area contributed by atoms with Crippen LogP contribution in [0, 0.1) is 5.41 Å². The molecule has 0 saturated heterocycles. The second kappa shape index (κ2) is 9.91. The smallest absolute Gasteiger partial charge is 0.356 e. The summed E-state index contributed by atoms with van der Waals surface area (Å²) >= 11 is 0. The van der Waals surface area contributed by atoms with Crippen LogP contribution in [0.2, 0.25) is 0 Å². The molecule has 1 aliphatic heterocycles. The highest BCUT2D eigenvalue weighted by Gasteiger charge is 2.33. The number of nitrogens with two attached hydrogens (primary N) is 1. The topological polar surface area (TPSA) is 118 Å². The van der Waals surface area contributed by atoms with Crippen LogP contribution in [0.1, 0.15) is 22.7 Å². The molecular formula is C26H24N4O4. The summed E-state index contributed by atoms with van der Waals surface area (Å²) in [6.45, 7) is 0.308. The molecule has 0 fully saturated rings. The number of nitrogen functional groups attached to an aromatic ring is 1. The van der Waals surface area contributed by atoms with Gasteiger partial charge in [-0.1, -0.05) is 48.5 Å². The molecule has 1 atom stereocenters. The third kappa shape index (κ3) is 5.07. The lowest BCUT2D eigenvalue weighted by atomic mass is 10.0. The highest BCUT2D eigenvalue weighted by Crippen LogP contribution is 2.30. The van der Waals surface area contributed by atoms with Crippen molar-refractivity contribution in [3.05, 3.63) is 107 Å². The number of esters is 1. The zero-order valence-corrected chi connectivity index (χ0v) is 18.5. The first kappa shape index (κ1) is 22.6. The Labute approximate surface area is 197 Å². The average molecular weight is 457 g/mol. The molecule has 3 aromatic carbocycles. The molecule has 0 saturated carbocycles. The van der Waals surface area contributed by atoms with Crippen molar-refractivity contribution in [1.82, 2.24) is 10.2 Å². The summed E-state index contributed by atoms with van der Waals surface area (Å²) in [5.41, 5.74) is 7.81. The number of benzene rings is 3. The maximum absolute atomic E-state index is 13.1. The number of amides is 1. The lowest BCUT2D eigenvalue weighted by Crippen LogP contribution is -2.44. The van der Waals surface area contributed by atoms with Crippen LogP contribution in [0.3, 0.4) is 0 Å². The Hall–Kier alpha value is -4.59.